The van der Waals surface area contributed by atoms with E-state index in [-0.39, 0.29) is 6.10 Å². The third kappa shape index (κ3) is 4.07. The highest BCUT2D eigenvalue weighted by atomic mass is 16.6. The number of ether oxygens (including phenoxy) is 1. The second-order valence-electron chi connectivity index (χ2n) is 9.69. The van der Waals surface area contributed by atoms with Crippen LogP contribution in [0.1, 0.15) is 36.0 Å². The highest BCUT2D eigenvalue weighted by Crippen LogP contribution is 2.48. The summed E-state index contributed by atoms with van der Waals surface area (Å²) in [6.07, 6.45) is 7.44. The number of pyridine rings is 1. The Morgan fingerprint density at radius 2 is 1.79 bits per heavy atom. The Morgan fingerprint density at radius 1 is 1.09 bits per heavy atom. The number of aliphatic hydroxyl groups is 1. The summed E-state index contributed by atoms with van der Waals surface area (Å²) >= 11 is 0. The van der Waals surface area contributed by atoms with Crippen LogP contribution in [0.5, 0.6) is 0 Å². The molecule has 0 bridgehead atoms. The van der Waals surface area contributed by atoms with Crippen molar-refractivity contribution in [2.45, 2.75) is 37.4 Å². The molecule has 0 saturated carbocycles. The summed E-state index contributed by atoms with van der Waals surface area (Å²) in [6, 6.07) is 19.3. The van der Waals surface area contributed by atoms with Crippen LogP contribution in [0.15, 0.2) is 73.1 Å². The first-order valence-corrected chi connectivity index (χ1v) is 11.8. The van der Waals surface area contributed by atoms with Crippen LogP contribution in [0.2, 0.25) is 0 Å². The molecule has 3 aromatic rings. The average Bonchev–Trinajstić information content (AvgIpc) is 3.10. The predicted octanol–water partition coefficient (Wildman–Crippen LogP) is 4.08. The molecule has 1 aliphatic carbocycles. The summed E-state index contributed by atoms with van der Waals surface area (Å²) in [5.74, 6) is -0.561. The Labute approximate surface area is 195 Å². The zero-order chi connectivity index (χ0) is 22.9. The third-order valence-corrected chi connectivity index (χ3v) is 7.25. The number of rotatable bonds is 6. The van der Waals surface area contributed by atoms with Crippen LogP contribution < -0.4 is 0 Å². The monoisotopic (exact) mass is 443 g/mol. The quantitative estimate of drug-likeness (QED) is 0.461. The number of carbonyl (C=O) groups is 1. The van der Waals surface area contributed by atoms with Gasteiger partial charge in [-0.05, 0) is 35.6 Å². The summed E-state index contributed by atoms with van der Waals surface area (Å²) in [5.41, 5.74) is 2.51. The number of fused-ring (bicyclic) bond motifs is 3. The molecule has 1 saturated heterocycles. The smallest absolute Gasteiger partial charge is 0.348 e. The summed E-state index contributed by atoms with van der Waals surface area (Å²) in [7, 11) is 2.25. The average molecular weight is 444 g/mol. The van der Waals surface area contributed by atoms with Crippen molar-refractivity contribution in [3.05, 3.63) is 89.7 Å². The van der Waals surface area contributed by atoms with Gasteiger partial charge in [0.2, 0.25) is 5.60 Å². The number of nitrogens with zero attached hydrogens (tertiary/aromatic N) is 2. The van der Waals surface area contributed by atoms with Crippen LogP contribution in [0, 0.1) is 0 Å². The van der Waals surface area contributed by atoms with E-state index in [2.05, 4.69) is 18.1 Å². The Hall–Kier alpha value is -3.02. The highest BCUT2D eigenvalue weighted by molar-refractivity contribution is 5.96. The maximum absolute atomic E-state index is 13.5. The van der Waals surface area contributed by atoms with Crippen molar-refractivity contribution in [2.24, 2.45) is 0 Å². The van der Waals surface area contributed by atoms with Crippen LogP contribution in [-0.4, -0.2) is 53.3 Å². The second kappa shape index (κ2) is 8.73. The van der Waals surface area contributed by atoms with Crippen molar-refractivity contribution in [3.63, 3.8) is 0 Å². The van der Waals surface area contributed by atoms with Crippen molar-refractivity contribution in [2.75, 3.05) is 26.7 Å². The summed E-state index contributed by atoms with van der Waals surface area (Å²) in [6.45, 7) is 2.88. The molecule has 1 N–H and O–H groups in total. The summed E-state index contributed by atoms with van der Waals surface area (Å²) in [4.78, 5) is 17.7. The van der Waals surface area contributed by atoms with Gasteiger partial charge in [0.15, 0.2) is 6.10 Å². The Kier molecular flexibility index (Phi) is 5.77. The maximum Gasteiger partial charge on any atom is 0.348 e. The van der Waals surface area contributed by atoms with Crippen molar-refractivity contribution >= 4 is 5.97 Å². The predicted molar refractivity (Wildman–Crippen MR) is 127 cm³/mol. The lowest BCUT2D eigenvalue weighted by molar-refractivity contribution is -0.917. The number of esters is 1. The SMILES string of the molecule is C[N@@+]1(CCCc2cccnc2)CCCC(OC(=O)C2(O)c3ccccc3-c3ccccc32)C1. The first-order valence-electron chi connectivity index (χ1n) is 11.8. The molecule has 2 aromatic carbocycles. The van der Waals surface area contributed by atoms with Gasteiger partial charge < -0.3 is 14.3 Å². The van der Waals surface area contributed by atoms with Gasteiger partial charge in [-0.15, -0.1) is 0 Å². The van der Waals surface area contributed by atoms with Gasteiger partial charge in [-0.25, -0.2) is 4.79 Å². The second-order valence-corrected chi connectivity index (χ2v) is 9.69. The molecule has 2 aliphatic rings. The largest absolute Gasteiger partial charge is 0.454 e. The minimum absolute atomic E-state index is 0.196. The van der Waals surface area contributed by atoms with Gasteiger partial charge in [-0.3, -0.25) is 4.98 Å². The standard InChI is InChI=1S/C28H31N2O3/c1-30(17-7-10-21-9-6-16-29-19-21)18-8-11-22(20-30)33-27(31)28(32)25-14-4-2-12-23(25)24-13-3-5-15-26(24)28/h2-6,9,12-16,19,22,32H,7-8,10-11,17-18,20H2,1H3/q+1/t22?,30-/m1/s1. The highest BCUT2D eigenvalue weighted by Gasteiger charge is 2.50. The molecule has 5 rings (SSSR count). The zero-order valence-electron chi connectivity index (χ0n) is 19.1. The summed E-state index contributed by atoms with van der Waals surface area (Å²) in [5, 5.41) is 11.7. The van der Waals surface area contributed by atoms with Gasteiger partial charge in [0.25, 0.3) is 0 Å². The molecular formula is C28H31N2O3+. The first-order chi connectivity index (χ1) is 16.0. The van der Waals surface area contributed by atoms with Crippen LogP contribution in [-0.2, 0) is 21.6 Å². The molecule has 5 nitrogen and oxygen atoms in total. The van der Waals surface area contributed by atoms with E-state index in [1.807, 2.05) is 60.8 Å². The van der Waals surface area contributed by atoms with Crippen LogP contribution in [0.3, 0.4) is 0 Å². The van der Waals surface area contributed by atoms with Crippen molar-refractivity contribution in [1.29, 1.82) is 0 Å². The normalized spacial score (nSPS) is 22.9. The number of likely N-dealkylation sites (tertiary alicyclic amines) is 1. The first kappa shape index (κ1) is 21.8. The maximum atomic E-state index is 13.5. The molecule has 0 amide bonds. The van der Waals surface area contributed by atoms with Gasteiger partial charge in [-0.1, -0.05) is 54.6 Å². The molecule has 2 atom stereocenters. The number of aryl methyl sites for hydroxylation is 1. The zero-order valence-corrected chi connectivity index (χ0v) is 19.1. The van der Waals surface area contributed by atoms with E-state index >= 15 is 0 Å². The molecule has 1 aromatic heterocycles. The number of likely N-dealkylation sites (N-methyl/N-ethyl adjacent to an activating group) is 1. The van der Waals surface area contributed by atoms with Crippen molar-refractivity contribution in [3.8, 4) is 11.1 Å². The number of carbonyl (C=O) groups excluding carboxylic acids is 1. The number of aromatic nitrogens is 1. The molecule has 1 unspecified atom stereocenters. The van der Waals surface area contributed by atoms with E-state index in [1.165, 1.54) is 5.56 Å². The number of hydrogen-bond acceptors (Lipinski definition) is 4. The van der Waals surface area contributed by atoms with Gasteiger partial charge in [0.05, 0.1) is 20.1 Å². The van der Waals surface area contributed by atoms with E-state index in [1.54, 1.807) is 6.20 Å². The topological polar surface area (TPSA) is 59.4 Å². The van der Waals surface area contributed by atoms with Gasteiger partial charge in [0, 0.05) is 36.4 Å². The van der Waals surface area contributed by atoms with Gasteiger partial charge in [-0.2, -0.15) is 0 Å². The number of piperidine rings is 1. The summed E-state index contributed by atoms with van der Waals surface area (Å²) < 4.78 is 6.92. The van der Waals surface area contributed by atoms with E-state index in [0.717, 1.165) is 60.9 Å². The fraction of sp³-hybridized carbons (Fsp3) is 0.357. The third-order valence-electron chi connectivity index (χ3n) is 7.25. The lowest BCUT2D eigenvalue weighted by Crippen LogP contribution is -2.55. The van der Waals surface area contributed by atoms with Crippen molar-refractivity contribution in [1.82, 2.24) is 4.98 Å². The Morgan fingerprint density at radius 3 is 2.45 bits per heavy atom. The Balaban J connectivity index is 1.29. The lowest BCUT2D eigenvalue weighted by atomic mass is 9.91. The fourth-order valence-electron chi connectivity index (χ4n) is 5.55. The molecule has 0 spiro atoms. The van der Waals surface area contributed by atoms with Gasteiger partial charge >= 0.3 is 5.97 Å². The van der Waals surface area contributed by atoms with Gasteiger partial charge in [0.1, 0.15) is 6.54 Å². The molecule has 2 heterocycles. The van der Waals surface area contributed by atoms with Crippen LogP contribution in [0.4, 0.5) is 0 Å². The molecule has 170 valence electrons. The molecule has 0 radical (unpaired) electrons. The lowest BCUT2D eigenvalue weighted by Gasteiger charge is -2.41. The molecular weight excluding hydrogens is 412 g/mol. The minimum Gasteiger partial charge on any atom is -0.454 e. The molecule has 1 aliphatic heterocycles. The van der Waals surface area contributed by atoms with E-state index in [4.69, 9.17) is 4.74 Å². The Bertz CT molecular complexity index is 1100. The number of quaternary nitrogens is 1. The number of hydrogen-bond donors (Lipinski definition) is 1. The molecule has 1 fully saturated rings. The van der Waals surface area contributed by atoms with E-state index in [0.29, 0.717) is 11.1 Å². The van der Waals surface area contributed by atoms with Crippen LogP contribution >= 0.6 is 0 Å². The molecule has 5 heteroatoms. The minimum atomic E-state index is -1.76. The van der Waals surface area contributed by atoms with E-state index < -0.39 is 11.6 Å². The van der Waals surface area contributed by atoms with Crippen LogP contribution in [0.25, 0.3) is 11.1 Å². The fourth-order valence-corrected chi connectivity index (χ4v) is 5.55. The van der Waals surface area contributed by atoms with E-state index in [9.17, 15) is 9.90 Å². The number of benzene rings is 2. The molecule has 33 heavy (non-hydrogen) atoms. The van der Waals surface area contributed by atoms with Crippen molar-refractivity contribution < 1.29 is 19.1 Å².